The van der Waals surface area contributed by atoms with Gasteiger partial charge < -0.3 is 5.32 Å². The maximum atomic E-state index is 13.0. The van der Waals surface area contributed by atoms with Crippen molar-refractivity contribution in [2.24, 2.45) is 5.92 Å². The quantitative estimate of drug-likeness (QED) is 0.894. The summed E-state index contributed by atoms with van der Waals surface area (Å²) < 4.78 is 13.0. The summed E-state index contributed by atoms with van der Waals surface area (Å²) in [6.45, 7) is 2.90. The van der Waals surface area contributed by atoms with Crippen molar-refractivity contribution in [3.8, 4) is 0 Å². The molecule has 3 rings (SSSR count). The van der Waals surface area contributed by atoms with Crippen LogP contribution in [0.15, 0.2) is 42.7 Å². The van der Waals surface area contributed by atoms with Crippen LogP contribution in [0.5, 0.6) is 0 Å². The molecule has 1 unspecified atom stereocenters. The fourth-order valence-electron chi connectivity index (χ4n) is 2.58. The maximum absolute atomic E-state index is 13.0. The molecular weight excluding hydrogens is 251 g/mol. The molecule has 0 radical (unpaired) electrons. The highest BCUT2D eigenvalue weighted by molar-refractivity contribution is 5.24. The Morgan fingerprint density at radius 2 is 2.00 bits per heavy atom. The fraction of sp³-hybridized carbons (Fsp3) is 0.353. The number of aromatic nitrogens is 1. The SMILES string of the molecule is Cc1cnccc1CNC(c1ccc(F)cc1)C1CC1. The Bertz CT molecular complexity index is 576. The predicted octanol–water partition coefficient (Wildman–Crippen LogP) is 3.77. The van der Waals surface area contributed by atoms with Gasteiger partial charge in [-0.05, 0) is 60.6 Å². The molecular formula is C17H19FN2. The molecule has 1 aromatic carbocycles. The largest absolute Gasteiger partial charge is 0.306 e. The standard InChI is InChI=1S/C17H19FN2/c1-12-10-19-9-8-15(12)11-20-17(13-2-3-13)14-4-6-16(18)7-5-14/h4-10,13,17,20H,2-3,11H2,1H3. The molecule has 1 saturated carbocycles. The average Bonchev–Trinajstić information content (AvgIpc) is 3.27. The van der Waals surface area contributed by atoms with E-state index in [2.05, 4.69) is 23.3 Å². The number of nitrogens with one attached hydrogen (secondary N) is 1. The Balaban J connectivity index is 1.72. The van der Waals surface area contributed by atoms with Crippen molar-refractivity contribution in [3.05, 3.63) is 65.2 Å². The Morgan fingerprint density at radius 1 is 1.25 bits per heavy atom. The molecule has 1 aromatic heterocycles. The summed E-state index contributed by atoms with van der Waals surface area (Å²) in [7, 11) is 0. The molecule has 104 valence electrons. The van der Waals surface area contributed by atoms with Gasteiger partial charge in [-0.15, -0.1) is 0 Å². The summed E-state index contributed by atoms with van der Waals surface area (Å²) in [6.07, 6.45) is 6.23. The lowest BCUT2D eigenvalue weighted by Crippen LogP contribution is -2.23. The molecule has 1 aliphatic rings. The van der Waals surface area contributed by atoms with Crippen molar-refractivity contribution in [3.63, 3.8) is 0 Å². The lowest BCUT2D eigenvalue weighted by molar-refractivity contribution is 0.478. The Kier molecular flexibility index (Phi) is 3.79. The van der Waals surface area contributed by atoms with E-state index in [0.717, 1.165) is 6.54 Å². The predicted molar refractivity (Wildman–Crippen MR) is 77.7 cm³/mol. The smallest absolute Gasteiger partial charge is 0.123 e. The number of halogens is 1. The summed E-state index contributed by atoms with van der Waals surface area (Å²) in [5, 5.41) is 3.62. The molecule has 1 aliphatic carbocycles. The molecule has 0 spiro atoms. The number of nitrogens with zero attached hydrogens (tertiary/aromatic N) is 1. The number of hydrogen-bond acceptors (Lipinski definition) is 2. The molecule has 1 atom stereocenters. The third-order valence-corrected chi connectivity index (χ3v) is 3.97. The molecule has 2 aromatic rings. The van der Waals surface area contributed by atoms with Gasteiger partial charge in [0, 0.05) is 25.0 Å². The highest BCUT2D eigenvalue weighted by Crippen LogP contribution is 2.41. The first-order valence-electron chi connectivity index (χ1n) is 7.12. The minimum atomic E-state index is -0.173. The Labute approximate surface area is 119 Å². The molecule has 0 bridgehead atoms. The van der Waals surface area contributed by atoms with Gasteiger partial charge in [-0.1, -0.05) is 12.1 Å². The van der Waals surface area contributed by atoms with E-state index in [9.17, 15) is 4.39 Å². The van der Waals surface area contributed by atoms with Gasteiger partial charge in [0.25, 0.3) is 0 Å². The van der Waals surface area contributed by atoms with Crippen LogP contribution in [0.4, 0.5) is 4.39 Å². The van der Waals surface area contributed by atoms with E-state index in [1.54, 1.807) is 12.1 Å². The highest BCUT2D eigenvalue weighted by atomic mass is 19.1. The molecule has 1 fully saturated rings. The van der Waals surface area contributed by atoms with E-state index in [-0.39, 0.29) is 5.82 Å². The van der Waals surface area contributed by atoms with Crippen molar-refractivity contribution in [2.75, 3.05) is 0 Å². The average molecular weight is 270 g/mol. The molecule has 20 heavy (non-hydrogen) atoms. The zero-order chi connectivity index (χ0) is 13.9. The second kappa shape index (κ2) is 5.71. The number of benzene rings is 1. The first-order valence-corrected chi connectivity index (χ1v) is 7.12. The van der Waals surface area contributed by atoms with E-state index < -0.39 is 0 Å². The summed E-state index contributed by atoms with van der Waals surface area (Å²) in [4.78, 5) is 4.12. The number of hydrogen-bond donors (Lipinski definition) is 1. The van der Waals surface area contributed by atoms with Gasteiger partial charge in [-0.3, -0.25) is 4.98 Å². The van der Waals surface area contributed by atoms with Crippen molar-refractivity contribution < 1.29 is 4.39 Å². The van der Waals surface area contributed by atoms with Crippen LogP contribution in [0.2, 0.25) is 0 Å². The molecule has 0 aliphatic heterocycles. The van der Waals surface area contributed by atoms with Crippen LogP contribution in [-0.2, 0) is 6.54 Å². The zero-order valence-corrected chi connectivity index (χ0v) is 11.6. The van der Waals surface area contributed by atoms with E-state index in [0.29, 0.717) is 12.0 Å². The van der Waals surface area contributed by atoms with Gasteiger partial charge in [0.1, 0.15) is 5.82 Å². The third-order valence-electron chi connectivity index (χ3n) is 3.97. The lowest BCUT2D eigenvalue weighted by Gasteiger charge is -2.19. The van der Waals surface area contributed by atoms with Crippen molar-refractivity contribution in [1.29, 1.82) is 0 Å². The second-order valence-electron chi connectivity index (χ2n) is 5.55. The normalized spacial score (nSPS) is 16.1. The molecule has 0 saturated heterocycles. The fourth-order valence-corrected chi connectivity index (χ4v) is 2.58. The summed E-state index contributed by atoms with van der Waals surface area (Å²) in [5.74, 6) is 0.510. The summed E-state index contributed by atoms with van der Waals surface area (Å²) >= 11 is 0. The maximum Gasteiger partial charge on any atom is 0.123 e. The molecule has 0 amide bonds. The van der Waals surface area contributed by atoms with E-state index in [1.165, 1.54) is 29.5 Å². The van der Waals surface area contributed by atoms with Crippen LogP contribution in [0.3, 0.4) is 0 Å². The number of aryl methyl sites for hydroxylation is 1. The monoisotopic (exact) mass is 270 g/mol. The van der Waals surface area contributed by atoms with Gasteiger partial charge in [-0.25, -0.2) is 4.39 Å². The van der Waals surface area contributed by atoms with Crippen molar-refractivity contribution >= 4 is 0 Å². The van der Waals surface area contributed by atoms with Crippen LogP contribution in [0.1, 0.15) is 35.6 Å². The topological polar surface area (TPSA) is 24.9 Å². The molecule has 1 heterocycles. The summed E-state index contributed by atoms with van der Waals surface area (Å²) in [5.41, 5.74) is 3.65. The lowest BCUT2D eigenvalue weighted by atomic mass is 10.0. The third kappa shape index (κ3) is 3.05. The highest BCUT2D eigenvalue weighted by Gasteiger charge is 2.31. The summed E-state index contributed by atoms with van der Waals surface area (Å²) in [6, 6.07) is 9.25. The van der Waals surface area contributed by atoms with Gasteiger partial charge in [-0.2, -0.15) is 0 Å². The van der Waals surface area contributed by atoms with E-state index in [1.807, 2.05) is 24.5 Å². The van der Waals surface area contributed by atoms with Gasteiger partial charge >= 0.3 is 0 Å². The minimum absolute atomic E-state index is 0.173. The molecule has 1 N–H and O–H groups in total. The van der Waals surface area contributed by atoms with Crippen molar-refractivity contribution in [1.82, 2.24) is 10.3 Å². The first kappa shape index (κ1) is 13.3. The van der Waals surface area contributed by atoms with Crippen LogP contribution in [-0.4, -0.2) is 4.98 Å². The van der Waals surface area contributed by atoms with Crippen LogP contribution in [0.25, 0.3) is 0 Å². The number of rotatable bonds is 5. The molecule has 3 heteroatoms. The minimum Gasteiger partial charge on any atom is -0.306 e. The van der Waals surface area contributed by atoms with Crippen LogP contribution < -0.4 is 5.32 Å². The Hall–Kier alpha value is -1.74. The van der Waals surface area contributed by atoms with Crippen LogP contribution in [0, 0.1) is 18.7 Å². The van der Waals surface area contributed by atoms with Gasteiger partial charge in [0.05, 0.1) is 0 Å². The van der Waals surface area contributed by atoms with Gasteiger partial charge in [0.2, 0.25) is 0 Å². The second-order valence-corrected chi connectivity index (χ2v) is 5.55. The number of pyridine rings is 1. The van der Waals surface area contributed by atoms with Crippen LogP contribution >= 0.6 is 0 Å². The zero-order valence-electron chi connectivity index (χ0n) is 11.6. The van der Waals surface area contributed by atoms with E-state index >= 15 is 0 Å². The van der Waals surface area contributed by atoms with Gasteiger partial charge in [0.15, 0.2) is 0 Å². The Morgan fingerprint density at radius 3 is 2.65 bits per heavy atom. The van der Waals surface area contributed by atoms with Crippen molar-refractivity contribution in [2.45, 2.75) is 32.4 Å². The van der Waals surface area contributed by atoms with E-state index in [4.69, 9.17) is 0 Å². The molecule has 2 nitrogen and oxygen atoms in total. The first-order chi connectivity index (χ1) is 9.74.